The van der Waals surface area contributed by atoms with Crippen molar-refractivity contribution < 1.29 is 4.84 Å². The maximum Gasteiger partial charge on any atom is 0.157 e. The smallest absolute Gasteiger partial charge is 0.157 e. The minimum absolute atomic E-state index is 0.487. The Balaban J connectivity index is 1.92. The van der Waals surface area contributed by atoms with E-state index in [1.54, 1.807) is 11.3 Å². The molecule has 0 amide bonds. The number of thiophene rings is 1. The quantitative estimate of drug-likeness (QED) is 0.665. The number of benzene rings is 1. The van der Waals surface area contributed by atoms with Crippen molar-refractivity contribution in [1.29, 1.82) is 0 Å². The Kier molecular flexibility index (Phi) is 2.67. The van der Waals surface area contributed by atoms with Crippen molar-refractivity contribution in [2.75, 3.05) is 0 Å². The molecular formula is C16H12N2OS. The Bertz CT molecular complexity index is 771. The van der Waals surface area contributed by atoms with Crippen molar-refractivity contribution in [2.24, 2.45) is 5.16 Å². The lowest BCUT2D eigenvalue weighted by Crippen LogP contribution is -2.11. The number of hydrogen-bond acceptors (Lipinski definition) is 3. The van der Waals surface area contributed by atoms with Gasteiger partial charge in [0.25, 0.3) is 0 Å². The molecule has 98 valence electrons. The summed E-state index contributed by atoms with van der Waals surface area (Å²) in [7, 11) is 0. The van der Waals surface area contributed by atoms with Crippen molar-refractivity contribution in [3.05, 3.63) is 76.9 Å². The van der Waals surface area contributed by atoms with E-state index in [0.29, 0.717) is 6.61 Å². The Morgan fingerprint density at radius 2 is 1.95 bits per heavy atom. The summed E-state index contributed by atoms with van der Waals surface area (Å²) >= 11 is 1.72. The van der Waals surface area contributed by atoms with Gasteiger partial charge >= 0.3 is 0 Å². The van der Waals surface area contributed by atoms with E-state index >= 15 is 0 Å². The summed E-state index contributed by atoms with van der Waals surface area (Å²) in [6, 6.07) is 16.4. The molecule has 4 rings (SSSR count). The van der Waals surface area contributed by atoms with Crippen LogP contribution in [0.25, 0.3) is 5.00 Å². The number of fused-ring (bicyclic) bond motifs is 3. The molecule has 0 radical (unpaired) electrons. The van der Waals surface area contributed by atoms with E-state index in [-0.39, 0.29) is 0 Å². The van der Waals surface area contributed by atoms with E-state index in [9.17, 15) is 0 Å². The molecule has 1 aliphatic heterocycles. The average molecular weight is 280 g/mol. The highest BCUT2D eigenvalue weighted by atomic mass is 32.1. The first-order valence-electron chi connectivity index (χ1n) is 6.43. The minimum atomic E-state index is 0.487. The summed E-state index contributed by atoms with van der Waals surface area (Å²) in [6.45, 7) is 0.487. The van der Waals surface area contributed by atoms with E-state index < -0.39 is 0 Å². The zero-order valence-corrected chi connectivity index (χ0v) is 11.5. The van der Waals surface area contributed by atoms with Gasteiger partial charge in [-0.3, -0.25) is 0 Å². The third-order valence-electron chi connectivity index (χ3n) is 3.37. The second-order valence-electron chi connectivity index (χ2n) is 4.59. The number of hydrogen-bond donors (Lipinski definition) is 0. The summed E-state index contributed by atoms with van der Waals surface area (Å²) < 4.78 is 2.18. The highest BCUT2D eigenvalue weighted by Gasteiger charge is 2.19. The normalized spacial score (nSPS) is 16.1. The third kappa shape index (κ3) is 1.77. The van der Waals surface area contributed by atoms with E-state index in [1.807, 2.05) is 24.3 Å². The van der Waals surface area contributed by atoms with E-state index in [4.69, 9.17) is 4.84 Å². The molecule has 0 fully saturated rings. The van der Waals surface area contributed by atoms with Gasteiger partial charge in [0.1, 0.15) is 10.7 Å². The van der Waals surface area contributed by atoms with Crippen LogP contribution in [0, 0.1) is 0 Å². The van der Waals surface area contributed by atoms with Crippen LogP contribution in [-0.2, 0) is 11.4 Å². The maximum absolute atomic E-state index is 5.52. The second-order valence-corrected chi connectivity index (χ2v) is 5.48. The van der Waals surface area contributed by atoms with Crippen molar-refractivity contribution in [2.45, 2.75) is 6.61 Å². The Morgan fingerprint density at radius 1 is 1.05 bits per heavy atom. The van der Waals surface area contributed by atoms with Crippen molar-refractivity contribution in [3.8, 4) is 5.00 Å². The van der Waals surface area contributed by atoms with Gasteiger partial charge in [0.05, 0.1) is 5.69 Å². The monoisotopic (exact) mass is 280 g/mol. The van der Waals surface area contributed by atoms with Crippen LogP contribution in [0.4, 0.5) is 0 Å². The van der Waals surface area contributed by atoms with Crippen LogP contribution in [0.5, 0.6) is 0 Å². The predicted molar refractivity (Wildman–Crippen MR) is 80.5 cm³/mol. The van der Waals surface area contributed by atoms with Crippen LogP contribution in [0.3, 0.4) is 0 Å². The molecular weight excluding hydrogens is 268 g/mol. The molecule has 3 aromatic rings. The van der Waals surface area contributed by atoms with Crippen LogP contribution in [0.1, 0.15) is 16.8 Å². The van der Waals surface area contributed by atoms with Gasteiger partial charge in [0.2, 0.25) is 0 Å². The van der Waals surface area contributed by atoms with E-state index in [0.717, 1.165) is 22.5 Å². The zero-order valence-electron chi connectivity index (χ0n) is 10.7. The first kappa shape index (κ1) is 11.5. The van der Waals surface area contributed by atoms with Gasteiger partial charge in [-0.25, -0.2) is 0 Å². The number of rotatable bonds is 1. The Morgan fingerprint density at radius 3 is 2.85 bits per heavy atom. The van der Waals surface area contributed by atoms with Gasteiger partial charge in [-0.2, -0.15) is 0 Å². The maximum atomic E-state index is 5.52. The van der Waals surface area contributed by atoms with Crippen LogP contribution < -0.4 is 0 Å². The molecule has 1 aliphatic rings. The van der Waals surface area contributed by atoms with Gasteiger partial charge in [-0.05, 0) is 23.6 Å². The molecule has 0 saturated heterocycles. The van der Waals surface area contributed by atoms with Crippen LogP contribution in [-0.4, -0.2) is 10.3 Å². The Labute approximate surface area is 120 Å². The van der Waals surface area contributed by atoms with Gasteiger partial charge in [0.15, 0.2) is 6.61 Å². The van der Waals surface area contributed by atoms with Crippen LogP contribution in [0.15, 0.2) is 65.3 Å². The van der Waals surface area contributed by atoms with Crippen molar-refractivity contribution >= 4 is 17.0 Å². The fourth-order valence-corrected chi connectivity index (χ4v) is 3.33. The van der Waals surface area contributed by atoms with Gasteiger partial charge in [0, 0.05) is 17.3 Å². The molecule has 3 heterocycles. The highest BCUT2D eigenvalue weighted by molar-refractivity contribution is 7.13. The number of aromatic nitrogens is 1. The van der Waals surface area contributed by atoms with Crippen LogP contribution in [0.2, 0.25) is 0 Å². The van der Waals surface area contributed by atoms with Crippen LogP contribution >= 0.6 is 11.3 Å². The topological polar surface area (TPSA) is 26.5 Å². The molecule has 1 aromatic carbocycles. The first-order chi connectivity index (χ1) is 9.93. The summed E-state index contributed by atoms with van der Waals surface area (Å²) in [4.78, 5) is 5.52. The first-order valence-corrected chi connectivity index (χ1v) is 7.31. The van der Waals surface area contributed by atoms with Crippen molar-refractivity contribution in [1.82, 2.24) is 4.57 Å². The van der Waals surface area contributed by atoms with Gasteiger partial charge < -0.3 is 9.40 Å². The molecule has 0 atom stereocenters. The average Bonchev–Trinajstić information content (AvgIpc) is 3.10. The number of oxime groups is 1. The summed E-state index contributed by atoms with van der Waals surface area (Å²) in [5.41, 5.74) is 4.19. The number of nitrogens with zero attached hydrogens (tertiary/aromatic N) is 2. The lowest BCUT2D eigenvalue weighted by Gasteiger charge is -2.14. The fraction of sp³-hybridized carbons (Fsp3) is 0.0625. The SMILES string of the molecule is c1ccc(/C2=N/OCc3cccn3-c3sccc32)cc1. The highest BCUT2D eigenvalue weighted by Crippen LogP contribution is 2.28. The molecule has 4 heteroatoms. The van der Waals surface area contributed by atoms with Crippen molar-refractivity contribution in [3.63, 3.8) is 0 Å². The molecule has 20 heavy (non-hydrogen) atoms. The second kappa shape index (κ2) is 4.65. The van der Waals surface area contributed by atoms with Gasteiger partial charge in [-0.15, -0.1) is 11.3 Å². The zero-order chi connectivity index (χ0) is 13.4. The van der Waals surface area contributed by atoms with E-state index in [2.05, 4.69) is 45.6 Å². The molecule has 3 nitrogen and oxygen atoms in total. The van der Waals surface area contributed by atoms with E-state index in [1.165, 1.54) is 5.00 Å². The lowest BCUT2D eigenvalue weighted by molar-refractivity contribution is 0.126. The molecule has 0 bridgehead atoms. The predicted octanol–water partition coefficient (Wildman–Crippen LogP) is 3.82. The third-order valence-corrected chi connectivity index (χ3v) is 4.28. The molecule has 0 saturated carbocycles. The molecule has 0 unspecified atom stereocenters. The minimum Gasteiger partial charge on any atom is -0.389 e. The fourth-order valence-electron chi connectivity index (χ4n) is 2.42. The summed E-state index contributed by atoms with van der Waals surface area (Å²) in [6.07, 6.45) is 2.07. The molecule has 0 aliphatic carbocycles. The standard InChI is InChI=1S/C16H12N2OS/c1-2-5-12(6-3-1)15-14-8-10-20-16(14)18-9-4-7-13(18)11-19-17-15/h1-10H,11H2/b17-15-. The molecule has 2 aromatic heterocycles. The lowest BCUT2D eigenvalue weighted by atomic mass is 10.0. The van der Waals surface area contributed by atoms with Gasteiger partial charge in [-0.1, -0.05) is 35.5 Å². The summed E-state index contributed by atoms with van der Waals surface area (Å²) in [5.74, 6) is 0. The summed E-state index contributed by atoms with van der Waals surface area (Å²) in [5, 5.41) is 7.64. The Hall–Kier alpha value is -2.33. The molecule has 0 N–H and O–H groups in total. The largest absolute Gasteiger partial charge is 0.389 e. The molecule has 0 spiro atoms.